The first-order chi connectivity index (χ1) is 8.56. The summed E-state index contributed by atoms with van der Waals surface area (Å²) in [5.41, 5.74) is 1.81. The highest BCUT2D eigenvalue weighted by Gasteiger charge is 2.11. The first-order valence-electron chi connectivity index (χ1n) is 6.26. The summed E-state index contributed by atoms with van der Waals surface area (Å²) in [5, 5.41) is 9.14. The summed E-state index contributed by atoms with van der Waals surface area (Å²) < 4.78 is 28.9. The van der Waals surface area contributed by atoms with Crippen LogP contribution < -0.4 is 4.74 Å². The number of ether oxygens (including phenoxy) is 1. The number of hydrogen-bond donors (Lipinski definition) is 1. The number of halogens is 2. The molecule has 1 N–H and O–H groups in total. The van der Waals surface area contributed by atoms with Gasteiger partial charge in [-0.15, -0.1) is 0 Å². The van der Waals surface area contributed by atoms with Crippen molar-refractivity contribution in [2.24, 2.45) is 0 Å². The van der Waals surface area contributed by atoms with Crippen molar-refractivity contribution in [1.29, 1.82) is 0 Å². The first-order valence-corrected chi connectivity index (χ1v) is 6.26. The van der Waals surface area contributed by atoms with Gasteiger partial charge in [0.25, 0.3) is 0 Å². The fraction of sp³-hybridized carbons (Fsp3) is 0.571. The van der Waals surface area contributed by atoms with E-state index in [4.69, 9.17) is 5.11 Å². The van der Waals surface area contributed by atoms with Gasteiger partial charge in [0.05, 0.1) is 0 Å². The van der Waals surface area contributed by atoms with Gasteiger partial charge in [0.15, 0.2) is 0 Å². The first kappa shape index (κ1) is 14.9. The van der Waals surface area contributed by atoms with Crippen molar-refractivity contribution in [3.63, 3.8) is 0 Å². The van der Waals surface area contributed by atoms with Gasteiger partial charge < -0.3 is 9.84 Å². The third-order valence-corrected chi connectivity index (χ3v) is 2.88. The molecule has 0 aliphatic carbocycles. The molecule has 0 radical (unpaired) electrons. The highest BCUT2D eigenvalue weighted by Crippen LogP contribution is 2.25. The van der Waals surface area contributed by atoms with Crippen LogP contribution in [0.5, 0.6) is 5.75 Å². The van der Waals surface area contributed by atoms with Crippen LogP contribution >= 0.6 is 0 Å². The molecule has 0 aliphatic rings. The Morgan fingerprint density at radius 2 is 2.00 bits per heavy atom. The van der Waals surface area contributed by atoms with E-state index in [9.17, 15) is 8.78 Å². The zero-order valence-corrected chi connectivity index (χ0v) is 10.8. The molecule has 1 aromatic carbocycles. The second-order valence-electron chi connectivity index (χ2n) is 4.48. The van der Waals surface area contributed by atoms with Crippen LogP contribution in [-0.2, 0) is 6.42 Å². The molecular formula is C14H20F2O2. The predicted molar refractivity (Wildman–Crippen MR) is 67.2 cm³/mol. The SMILES string of the molecule is CCCCc1cc(OC(F)F)cc(C(C)CO)c1. The lowest BCUT2D eigenvalue weighted by Crippen LogP contribution is -2.05. The molecule has 0 aromatic heterocycles. The minimum Gasteiger partial charge on any atom is -0.435 e. The smallest absolute Gasteiger partial charge is 0.387 e. The van der Waals surface area contributed by atoms with Crippen molar-refractivity contribution in [3.8, 4) is 5.75 Å². The standard InChI is InChI=1S/C14H20F2O2/c1-3-4-5-11-6-12(10(2)9-17)8-13(7-11)18-14(15)16/h6-8,10,14,17H,3-5,9H2,1-2H3. The summed E-state index contributed by atoms with van der Waals surface area (Å²) >= 11 is 0. The summed E-state index contributed by atoms with van der Waals surface area (Å²) in [4.78, 5) is 0. The van der Waals surface area contributed by atoms with Crippen LogP contribution in [-0.4, -0.2) is 18.3 Å². The lowest BCUT2D eigenvalue weighted by molar-refractivity contribution is -0.0499. The van der Waals surface area contributed by atoms with Crippen LogP contribution in [0.15, 0.2) is 18.2 Å². The van der Waals surface area contributed by atoms with E-state index < -0.39 is 6.61 Å². The van der Waals surface area contributed by atoms with Gasteiger partial charge in [0.2, 0.25) is 0 Å². The van der Waals surface area contributed by atoms with E-state index in [1.807, 2.05) is 13.0 Å². The second kappa shape index (κ2) is 7.31. The fourth-order valence-electron chi connectivity index (χ4n) is 1.77. The minimum absolute atomic E-state index is 0.00858. The summed E-state index contributed by atoms with van der Waals surface area (Å²) in [5.74, 6) is 0.0977. The molecule has 18 heavy (non-hydrogen) atoms. The maximum Gasteiger partial charge on any atom is 0.387 e. The van der Waals surface area contributed by atoms with Crippen molar-refractivity contribution in [1.82, 2.24) is 0 Å². The molecule has 4 heteroatoms. The van der Waals surface area contributed by atoms with Crippen LogP contribution in [0.3, 0.4) is 0 Å². The zero-order chi connectivity index (χ0) is 13.5. The van der Waals surface area contributed by atoms with Gasteiger partial charge in [-0.2, -0.15) is 8.78 Å². The number of benzene rings is 1. The van der Waals surface area contributed by atoms with Gasteiger partial charge in [-0.05, 0) is 36.1 Å². The van der Waals surface area contributed by atoms with Crippen LogP contribution in [0.25, 0.3) is 0 Å². The lowest BCUT2D eigenvalue weighted by Gasteiger charge is -2.14. The molecular weight excluding hydrogens is 238 g/mol. The van der Waals surface area contributed by atoms with Gasteiger partial charge in [0, 0.05) is 12.5 Å². The van der Waals surface area contributed by atoms with E-state index in [0.717, 1.165) is 30.4 Å². The second-order valence-corrected chi connectivity index (χ2v) is 4.48. The lowest BCUT2D eigenvalue weighted by atomic mass is 9.97. The highest BCUT2D eigenvalue weighted by atomic mass is 19.3. The fourth-order valence-corrected chi connectivity index (χ4v) is 1.77. The van der Waals surface area contributed by atoms with E-state index in [-0.39, 0.29) is 18.3 Å². The number of aliphatic hydroxyl groups excluding tert-OH is 1. The Bertz CT molecular complexity index is 367. The van der Waals surface area contributed by atoms with Gasteiger partial charge in [0.1, 0.15) is 5.75 Å². The summed E-state index contributed by atoms with van der Waals surface area (Å²) in [6.45, 7) is 1.11. The molecule has 1 aromatic rings. The Labute approximate surface area is 107 Å². The molecule has 102 valence electrons. The Morgan fingerprint density at radius 1 is 1.28 bits per heavy atom. The molecule has 0 saturated heterocycles. The zero-order valence-electron chi connectivity index (χ0n) is 10.8. The van der Waals surface area contributed by atoms with Crippen molar-refractivity contribution in [3.05, 3.63) is 29.3 Å². The molecule has 1 rings (SSSR count). The number of aliphatic hydroxyl groups is 1. The van der Waals surface area contributed by atoms with Crippen LogP contribution in [0.2, 0.25) is 0 Å². The third kappa shape index (κ3) is 4.61. The number of aryl methyl sites for hydroxylation is 1. The molecule has 0 bridgehead atoms. The van der Waals surface area contributed by atoms with Gasteiger partial charge in [-0.3, -0.25) is 0 Å². The number of alkyl halides is 2. The summed E-state index contributed by atoms with van der Waals surface area (Å²) in [6, 6.07) is 5.17. The number of rotatable bonds is 7. The Morgan fingerprint density at radius 3 is 2.56 bits per heavy atom. The van der Waals surface area contributed by atoms with Crippen molar-refractivity contribution >= 4 is 0 Å². The molecule has 2 nitrogen and oxygen atoms in total. The summed E-state index contributed by atoms with van der Waals surface area (Å²) in [7, 11) is 0. The molecule has 0 spiro atoms. The van der Waals surface area contributed by atoms with Gasteiger partial charge in [-0.25, -0.2) is 0 Å². The Balaban J connectivity index is 2.95. The predicted octanol–water partition coefficient (Wildman–Crippen LogP) is 3.73. The summed E-state index contributed by atoms with van der Waals surface area (Å²) in [6.07, 6.45) is 2.89. The molecule has 0 fully saturated rings. The topological polar surface area (TPSA) is 29.5 Å². The van der Waals surface area contributed by atoms with Crippen LogP contribution in [0.4, 0.5) is 8.78 Å². The quantitative estimate of drug-likeness (QED) is 0.807. The van der Waals surface area contributed by atoms with Crippen LogP contribution in [0, 0.1) is 0 Å². The number of unbranched alkanes of at least 4 members (excludes halogenated alkanes) is 1. The number of hydrogen-bond acceptors (Lipinski definition) is 2. The van der Waals surface area contributed by atoms with E-state index in [1.54, 1.807) is 12.1 Å². The largest absolute Gasteiger partial charge is 0.435 e. The van der Waals surface area contributed by atoms with E-state index in [0.29, 0.717) is 0 Å². The normalized spacial score (nSPS) is 12.8. The van der Waals surface area contributed by atoms with E-state index >= 15 is 0 Å². The maximum absolute atomic E-state index is 12.2. The van der Waals surface area contributed by atoms with Gasteiger partial charge >= 0.3 is 6.61 Å². The molecule has 1 atom stereocenters. The third-order valence-electron chi connectivity index (χ3n) is 2.88. The van der Waals surface area contributed by atoms with Gasteiger partial charge in [-0.1, -0.05) is 26.3 Å². The van der Waals surface area contributed by atoms with Crippen LogP contribution in [0.1, 0.15) is 43.7 Å². The molecule has 0 heterocycles. The molecule has 0 aliphatic heterocycles. The molecule has 1 unspecified atom stereocenters. The van der Waals surface area contributed by atoms with E-state index in [2.05, 4.69) is 11.7 Å². The monoisotopic (exact) mass is 258 g/mol. The molecule has 0 saturated carbocycles. The van der Waals surface area contributed by atoms with Crippen molar-refractivity contribution in [2.45, 2.75) is 45.6 Å². The van der Waals surface area contributed by atoms with Crippen molar-refractivity contribution in [2.75, 3.05) is 6.61 Å². The Kier molecular flexibility index (Phi) is 6.05. The average Bonchev–Trinajstić information content (AvgIpc) is 2.34. The minimum atomic E-state index is -2.82. The molecule has 0 amide bonds. The maximum atomic E-state index is 12.2. The van der Waals surface area contributed by atoms with Crippen molar-refractivity contribution < 1.29 is 18.6 Å². The average molecular weight is 258 g/mol. The Hall–Kier alpha value is -1.16. The van der Waals surface area contributed by atoms with E-state index in [1.165, 1.54) is 0 Å². The highest BCUT2D eigenvalue weighted by molar-refractivity contribution is 5.36.